The average Bonchev–Trinajstić information content (AvgIpc) is 3.33. The second-order valence-electron chi connectivity index (χ2n) is 8.11. The Labute approximate surface area is 207 Å². The third kappa shape index (κ3) is 4.24. The molecule has 3 aromatic rings. The quantitative estimate of drug-likeness (QED) is 0.313. The van der Waals surface area contributed by atoms with Crippen molar-refractivity contribution in [1.82, 2.24) is 15.1 Å². The van der Waals surface area contributed by atoms with Crippen LogP contribution in [0.4, 0.5) is 5.69 Å². The molecule has 0 spiro atoms. The third-order valence-electron chi connectivity index (χ3n) is 6.00. The molecule has 0 fully saturated rings. The number of carbonyl (C=O) groups excluding carboxylic acids is 2. The van der Waals surface area contributed by atoms with Gasteiger partial charge in [0.05, 0.1) is 47.5 Å². The number of aromatic nitrogens is 2. The van der Waals surface area contributed by atoms with E-state index in [0.29, 0.717) is 22.6 Å². The summed E-state index contributed by atoms with van der Waals surface area (Å²) in [6.45, 7) is 3.39. The van der Waals surface area contributed by atoms with Crippen LogP contribution in [0.3, 0.4) is 0 Å². The van der Waals surface area contributed by atoms with Crippen molar-refractivity contribution in [2.24, 2.45) is 0 Å². The molecule has 10 heteroatoms. The van der Waals surface area contributed by atoms with Gasteiger partial charge in [0.1, 0.15) is 5.69 Å². The van der Waals surface area contributed by atoms with Gasteiger partial charge < -0.3 is 14.8 Å². The van der Waals surface area contributed by atoms with E-state index in [1.807, 2.05) is 30.3 Å². The fourth-order valence-corrected chi connectivity index (χ4v) is 4.42. The molecule has 2 heterocycles. The number of nitrogens with zero attached hydrogens (tertiary/aromatic N) is 3. The Morgan fingerprint density at radius 1 is 0.944 bits per heavy atom. The fraction of sp³-hybridized carbons (Fsp3) is 0.192. The molecule has 1 N–H and O–H groups in total. The van der Waals surface area contributed by atoms with Gasteiger partial charge in [-0.3, -0.25) is 10.1 Å². The van der Waals surface area contributed by atoms with Gasteiger partial charge in [-0.25, -0.2) is 14.3 Å². The maximum Gasteiger partial charge on any atom is 0.336 e. The number of esters is 2. The van der Waals surface area contributed by atoms with E-state index in [0.717, 1.165) is 0 Å². The Hall–Kier alpha value is -4.73. The molecule has 36 heavy (non-hydrogen) atoms. The largest absolute Gasteiger partial charge is 0.466 e. The second-order valence-corrected chi connectivity index (χ2v) is 8.11. The lowest BCUT2D eigenvalue weighted by Gasteiger charge is -2.29. The minimum atomic E-state index is -0.960. The van der Waals surface area contributed by atoms with E-state index in [1.165, 1.54) is 20.3 Å². The van der Waals surface area contributed by atoms with E-state index in [9.17, 15) is 19.7 Å². The van der Waals surface area contributed by atoms with E-state index in [1.54, 1.807) is 42.9 Å². The molecule has 0 saturated heterocycles. The molecule has 2 aromatic carbocycles. The minimum absolute atomic E-state index is 0.161. The zero-order chi connectivity index (χ0) is 26.0. The summed E-state index contributed by atoms with van der Waals surface area (Å²) in [5.74, 6) is -2.27. The molecule has 4 rings (SSSR count). The SMILES string of the molecule is COC(=O)C1=C(C)NC(C)=C(C(=O)OC)C1c1cn(-c2ccccc2)nc1-c1ccccc1[N+](=O)[O-]. The van der Waals surface area contributed by atoms with Crippen LogP contribution < -0.4 is 5.32 Å². The van der Waals surface area contributed by atoms with Crippen LogP contribution in [-0.4, -0.2) is 40.9 Å². The number of nitrogens with one attached hydrogen (secondary N) is 1. The summed E-state index contributed by atoms with van der Waals surface area (Å²) >= 11 is 0. The van der Waals surface area contributed by atoms with Crippen molar-refractivity contribution in [3.05, 3.63) is 99.0 Å². The van der Waals surface area contributed by atoms with Crippen molar-refractivity contribution >= 4 is 17.6 Å². The highest BCUT2D eigenvalue weighted by Gasteiger charge is 2.40. The molecule has 0 aliphatic carbocycles. The molecule has 0 saturated carbocycles. The van der Waals surface area contributed by atoms with Crippen LogP contribution in [0.2, 0.25) is 0 Å². The van der Waals surface area contributed by atoms with Gasteiger partial charge in [0, 0.05) is 29.2 Å². The number of hydrogen-bond donors (Lipinski definition) is 1. The first-order chi connectivity index (χ1) is 17.3. The molecule has 1 aliphatic heterocycles. The normalized spacial score (nSPS) is 13.9. The lowest BCUT2D eigenvalue weighted by molar-refractivity contribution is -0.384. The zero-order valence-electron chi connectivity index (χ0n) is 20.1. The summed E-state index contributed by atoms with van der Waals surface area (Å²) in [4.78, 5) is 37.4. The highest BCUT2D eigenvalue weighted by Crippen LogP contribution is 2.44. The molecule has 0 radical (unpaired) electrons. The van der Waals surface area contributed by atoms with Gasteiger partial charge in [-0.05, 0) is 32.0 Å². The first-order valence-corrected chi connectivity index (χ1v) is 11.0. The number of para-hydroxylation sites is 2. The number of ether oxygens (including phenoxy) is 2. The second kappa shape index (κ2) is 9.87. The zero-order valence-corrected chi connectivity index (χ0v) is 20.1. The van der Waals surface area contributed by atoms with Gasteiger partial charge in [0.25, 0.3) is 5.69 Å². The van der Waals surface area contributed by atoms with Crippen molar-refractivity contribution in [2.75, 3.05) is 14.2 Å². The van der Waals surface area contributed by atoms with Crippen LogP contribution in [0.1, 0.15) is 25.3 Å². The van der Waals surface area contributed by atoms with Crippen LogP contribution in [0.25, 0.3) is 16.9 Å². The number of methoxy groups -OCH3 is 2. The van der Waals surface area contributed by atoms with E-state index < -0.39 is 22.8 Å². The van der Waals surface area contributed by atoms with Gasteiger partial charge in [0.2, 0.25) is 0 Å². The van der Waals surface area contributed by atoms with Gasteiger partial charge in [0.15, 0.2) is 0 Å². The van der Waals surface area contributed by atoms with E-state index in [4.69, 9.17) is 14.6 Å². The molecule has 1 aliphatic rings. The number of carbonyl (C=O) groups is 2. The van der Waals surface area contributed by atoms with Crippen LogP contribution >= 0.6 is 0 Å². The fourth-order valence-electron chi connectivity index (χ4n) is 4.42. The Morgan fingerprint density at radius 3 is 2.06 bits per heavy atom. The average molecular weight is 489 g/mol. The lowest BCUT2D eigenvalue weighted by Crippen LogP contribution is -2.32. The molecule has 0 atom stereocenters. The third-order valence-corrected chi connectivity index (χ3v) is 6.00. The van der Waals surface area contributed by atoms with Crippen molar-refractivity contribution < 1.29 is 24.0 Å². The van der Waals surface area contributed by atoms with Gasteiger partial charge in [-0.2, -0.15) is 5.10 Å². The molecule has 1 aromatic heterocycles. The molecule has 0 unspecified atom stereocenters. The molecular weight excluding hydrogens is 464 g/mol. The Balaban J connectivity index is 2.09. The number of benzene rings is 2. The maximum atomic E-state index is 13.0. The number of hydrogen-bond acceptors (Lipinski definition) is 8. The number of rotatable bonds is 6. The summed E-state index contributed by atoms with van der Waals surface area (Å²) in [5, 5.41) is 19.7. The Morgan fingerprint density at radius 2 is 1.50 bits per heavy atom. The van der Waals surface area contributed by atoms with Crippen LogP contribution in [0.15, 0.2) is 83.3 Å². The Bertz CT molecular complexity index is 1380. The predicted octanol–water partition coefficient (Wildman–Crippen LogP) is 4.03. The summed E-state index contributed by atoms with van der Waals surface area (Å²) in [7, 11) is 2.50. The summed E-state index contributed by atoms with van der Waals surface area (Å²) < 4.78 is 11.7. The van der Waals surface area contributed by atoms with Gasteiger partial charge in [-0.15, -0.1) is 0 Å². The standard InChI is InChI=1S/C26H24N4O6/c1-15-21(25(31)35-3)23(22(16(2)27-15)26(32)36-4)19-14-29(17-10-6-5-7-11-17)28-24(19)18-12-8-9-13-20(18)30(33)34/h5-14,23,27H,1-4H3. The monoisotopic (exact) mass is 488 g/mol. The summed E-state index contributed by atoms with van der Waals surface area (Å²) in [6, 6.07) is 15.4. The first kappa shape index (κ1) is 24.4. The lowest BCUT2D eigenvalue weighted by atomic mass is 9.79. The molecule has 0 amide bonds. The number of dihydropyridines is 1. The van der Waals surface area contributed by atoms with Crippen LogP contribution in [-0.2, 0) is 19.1 Å². The van der Waals surface area contributed by atoms with Gasteiger partial charge >= 0.3 is 11.9 Å². The predicted molar refractivity (Wildman–Crippen MR) is 131 cm³/mol. The smallest absolute Gasteiger partial charge is 0.336 e. The van der Waals surface area contributed by atoms with Crippen molar-refractivity contribution in [1.29, 1.82) is 0 Å². The van der Waals surface area contributed by atoms with Gasteiger partial charge in [-0.1, -0.05) is 30.3 Å². The molecule has 0 bridgehead atoms. The number of nitro benzene ring substituents is 1. The Kier molecular flexibility index (Phi) is 6.69. The topological polar surface area (TPSA) is 126 Å². The van der Waals surface area contributed by atoms with E-state index in [2.05, 4.69) is 5.32 Å². The van der Waals surface area contributed by atoms with Crippen molar-refractivity contribution in [3.63, 3.8) is 0 Å². The molecule has 184 valence electrons. The van der Waals surface area contributed by atoms with Crippen molar-refractivity contribution in [2.45, 2.75) is 19.8 Å². The van der Waals surface area contributed by atoms with Crippen molar-refractivity contribution in [3.8, 4) is 16.9 Å². The summed E-state index contributed by atoms with van der Waals surface area (Å²) in [6.07, 6.45) is 1.67. The maximum absolute atomic E-state index is 13.0. The number of nitro groups is 1. The summed E-state index contributed by atoms with van der Waals surface area (Å²) in [5.41, 5.74) is 2.76. The van der Waals surface area contributed by atoms with E-state index >= 15 is 0 Å². The minimum Gasteiger partial charge on any atom is -0.466 e. The molecule has 10 nitrogen and oxygen atoms in total. The number of allylic oxidation sites excluding steroid dienone is 2. The highest BCUT2D eigenvalue weighted by molar-refractivity contribution is 6.00. The molecular formula is C26H24N4O6. The highest BCUT2D eigenvalue weighted by atomic mass is 16.6. The first-order valence-electron chi connectivity index (χ1n) is 11.0. The van der Waals surface area contributed by atoms with Crippen LogP contribution in [0.5, 0.6) is 0 Å². The van der Waals surface area contributed by atoms with Crippen LogP contribution in [0, 0.1) is 10.1 Å². The van der Waals surface area contributed by atoms with E-state index in [-0.39, 0.29) is 28.1 Å².